The van der Waals surface area contributed by atoms with Crippen molar-refractivity contribution in [3.8, 4) is 0 Å². The van der Waals surface area contributed by atoms with Gasteiger partial charge in [-0.1, -0.05) is 12.8 Å². The van der Waals surface area contributed by atoms with Gasteiger partial charge in [0.1, 0.15) is 0 Å². The van der Waals surface area contributed by atoms with Crippen molar-refractivity contribution in [1.82, 2.24) is 10.2 Å². The third-order valence-electron chi connectivity index (χ3n) is 5.08. The van der Waals surface area contributed by atoms with Gasteiger partial charge in [0.05, 0.1) is 12.2 Å². The van der Waals surface area contributed by atoms with Crippen LogP contribution in [-0.2, 0) is 9.47 Å². The van der Waals surface area contributed by atoms with E-state index in [0.29, 0.717) is 11.6 Å². The van der Waals surface area contributed by atoms with Crippen molar-refractivity contribution in [3.05, 3.63) is 0 Å². The predicted octanol–water partition coefficient (Wildman–Crippen LogP) is 1.64. The summed E-state index contributed by atoms with van der Waals surface area (Å²) in [5.41, 5.74) is 0.356. The van der Waals surface area contributed by atoms with E-state index < -0.39 is 0 Å². The summed E-state index contributed by atoms with van der Waals surface area (Å²) in [7, 11) is 6.22. The molecule has 4 nitrogen and oxygen atoms in total. The van der Waals surface area contributed by atoms with E-state index in [9.17, 15) is 0 Å². The Morgan fingerprint density at radius 2 is 1.95 bits per heavy atom. The maximum Gasteiger partial charge on any atom is 0.0986 e. The van der Waals surface area contributed by atoms with Crippen LogP contribution in [0.25, 0.3) is 0 Å². The Kier molecular flexibility index (Phi) is 5.23. The normalized spacial score (nSPS) is 33.6. The van der Waals surface area contributed by atoms with E-state index in [4.69, 9.17) is 9.47 Å². The fourth-order valence-corrected chi connectivity index (χ4v) is 3.61. The first-order valence-electron chi connectivity index (χ1n) is 7.68. The molecular formula is C15H30N2O2. The standard InChI is InChI=1S/C15H30N2O2/c1-5-19-13-10-12(14(13)18-4)16-11-15(17(2)3)8-6-7-9-15/h12-14,16H,5-11H2,1-4H3. The average molecular weight is 270 g/mol. The van der Waals surface area contributed by atoms with Gasteiger partial charge >= 0.3 is 0 Å². The highest BCUT2D eigenvalue weighted by Gasteiger charge is 2.44. The quantitative estimate of drug-likeness (QED) is 0.762. The summed E-state index contributed by atoms with van der Waals surface area (Å²) in [5, 5.41) is 3.73. The predicted molar refractivity (Wildman–Crippen MR) is 77.5 cm³/mol. The lowest BCUT2D eigenvalue weighted by Crippen LogP contribution is -2.63. The number of ether oxygens (including phenoxy) is 2. The van der Waals surface area contributed by atoms with Crippen LogP contribution in [-0.4, -0.2) is 63.0 Å². The number of nitrogens with one attached hydrogen (secondary N) is 1. The Bertz CT molecular complexity index is 277. The summed E-state index contributed by atoms with van der Waals surface area (Å²) < 4.78 is 11.3. The Balaban J connectivity index is 1.82. The average Bonchev–Trinajstić information content (AvgIpc) is 2.83. The molecule has 0 spiro atoms. The zero-order chi connectivity index (χ0) is 13.9. The lowest BCUT2D eigenvalue weighted by atomic mass is 9.84. The Labute approximate surface area is 117 Å². The molecule has 0 aliphatic heterocycles. The molecule has 2 aliphatic rings. The number of likely N-dealkylation sites (N-methyl/N-ethyl adjacent to an activating group) is 1. The van der Waals surface area contributed by atoms with E-state index in [1.54, 1.807) is 7.11 Å². The molecule has 112 valence electrons. The summed E-state index contributed by atoms with van der Waals surface area (Å²) in [6.07, 6.45) is 6.93. The lowest BCUT2D eigenvalue weighted by molar-refractivity contribution is -0.132. The van der Waals surface area contributed by atoms with Crippen molar-refractivity contribution in [3.63, 3.8) is 0 Å². The third-order valence-corrected chi connectivity index (χ3v) is 5.08. The second-order valence-corrected chi connectivity index (χ2v) is 6.24. The van der Waals surface area contributed by atoms with Gasteiger partial charge in [0, 0.05) is 31.8 Å². The molecule has 3 atom stereocenters. The van der Waals surface area contributed by atoms with Crippen molar-refractivity contribution < 1.29 is 9.47 Å². The highest BCUT2D eigenvalue weighted by atomic mass is 16.5. The van der Waals surface area contributed by atoms with Gasteiger partial charge in [0.15, 0.2) is 0 Å². The van der Waals surface area contributed by atoms with Crippen LogP contribution in [0.2, 0.25) is 0 Å². The molecule has 0 aromatic rings. The van der Waals surface area contributed by atoms with E-state index in [1.807, 2.05) is 6.92 Å². The van der Waals surface area contributed by atoms with Crippen molar-refractivity contribution in [2.75, 3.05) is 34.4 Å². The zero-order valence-electron chi connectivity index (χ0n) is 12.9. The Morgan fingerprint density at radius 3 is 2.47 bits per heavy atom. The zero-order valence-corrected chi connectivity index (χ0v) is 12.9. The second kappa shape index (κ2) is 6.53. The van der Waals surface area contributed by atoms with E-state index in [2.05, 4.69) is 24.3 Å². The molecule has 2 fully saturated rings. The molecule has 0 bridgehead atoms. The Morgan fingerprint density at radius 1 is 1.26 bits per heavy atom. The van der Waals surface area contributed by atoms with Gasteiger partial charge in [0.2, 0.25) is 0 Å². The highest BCUT2D eigenvalue weighted by Crippen LogP contribution is 2.34. The molecule has 0 saturated heterocycles. The molecule has 0 amide bonds. The monoisotopic (exact) mass is 270 g/mol. The summed E-state index contributed by atoms with van der Waals surface area (Å²) in [4.78, 5) is 2.41. The van der Waals surface area contributed by atoms with Crippen molar-refractivity contribution in [2.45, 2.75) is 62.8 Å². The van der Waals surface area contributed by atoms with Crippen LogP contribution in [0.1, 0.15) is 39.0 Å². The molecule has 2 rings (SSSR count). The van der Waals surface area contributed by atoms with Crippen LogP contribution in [0.3, 0.4) is 0 Å². The molecular weight excluding hydrogens is 240 g/mol. The minimum atomic E-state index is 0.223. The van der Waals surface area contributed by atoms with Crippen molar-refractivity contribution in [1.29, 1.82) is 0 Å². The minimum Gasteiger partial charge on any atom is -0.377 e. The number of hydrogen-bond donors (Lipinski definition) is 1. The van der Waals surface area contributed by atoms with Crippen molar-refractivity contribution >= 4 is 0 Å². The van der Waals surface area contributed by atoms with Crippen LogP contribution < -0.4 is 5.32 Å². The third kappa shape index (κ3) is 3.13. The number of methoxy groups -OCH3 is 1. The smallest absolute Gasteiger partial charge is 0.0986 e. The van der Waals surface area contributed by atoms with Crippen molar-refractivity contribution in [2.24, 2.45) is 0 Å². The first-order valence-corrected chi connectivity index (χ1v) is 7.68. The SMILES string of the molecule is CCOC1CC(NCC2(N(C)C)CCCC2)C1OC. The fraction of sp³-hybridized carbons (Fsp3) is 1.00. The molecule has 0 aromatic carbocycles. The van der Waals surface area contributed by atoms with Gasteiger partial charge in [-0.15, -0.1) is 0 Å². The molecule has 3 unspecified atom stereocenters. The van der Waals surface area contributed by atoms with Gasteiger partial charge in [-0.05, 0) is 40.3 Å². The second-order valence-electron chi connectivity index (χ2n) is 6.24. The fourth-order valence-electron chi connectivity index (χ4n) is 3.61. The summed E-state index contributed by atoms with van der Waals surface area (Å²) >= 11 is 0. The van der Waals surface area contributed by atoms with Crippen LogP contribution in [0.5, 0.6) is 0 Å². The number of rotatable bonds is 7. The van der Waals surface area contributed by atoms with Crippen LogP contribution >= 0.6 is 0 Å². The molecule has 19 heavy (non-hydrogen) atoms. The first-order chi connectivity index (χ1) is 9.13. The molecule has 4 heteroatoms. The van der Waals surface area contributed by atoms with Gasteiger partial charge in [0.25, 0.3) is 0 Å². The highest BCUT2D eigenvalue weighted by molar-refractivity contribution is 5.01. The van der Waals surface area contributed by atoms with Gasteiger partial charge in [-0.25, -0.2) is 0 Å². The van der Waals surface area contributed by atoms with E-state index in [1.165, 1.54) is 25.7 Å². The first kappa shape index (κ1) is 15.2. The molecule has 2 aliphatic carbocycles. The topological polar surface area (TPSA) is 33.7 Å². The van der Waals surface area contributed by atoms with Gasteiger partial charge < -0.3 is 19.7 Å². The number of nitrogens with zero attached hydrogens (tertiary/aromatic N) is 1. The summed E-state index contributed by atoms with van der Waals surface area (Å²) in [6.45, 7) is 3.90. The minimum absolute atomic E-state index is 0.223. The molecule has 1 N–H and O–H groups in total. The maximum atomic E-state index is 5.68. The number of hydrogen-bond acceptors (Lipinski definition) is 4. The van der Waals surface area contributed by atoms with E-state index in [-0.39, 0.29) is 12.2 Å². The maximum absolute atomic E-state index is 5.68. The van der Waals surface area contributed by atoms with Crippen LogP contribution in [0, 0.1) is 0 Å². The molecule has 0 heterocycles. The van der Waals surface area contributed by atoms with E-state index in [0.717, 1.165) is 19.6 Å². The van der Waals surface area contributed by atoms with Crippen LogP contribution in [0.4, 0.5) is 0 Å². The summed E-state index contributed by atoms with van der Waals surface area (Å²) in [5.74, 6) is 0. The lowest BCUT2D eigenvalue weighted by Gasteiger charge is -2.46. The molecule has 0 aromatic heterocycles. The van der Waals surface area contributed by atoms with Gasteiger partial charge in [-0.2, -0.15) is 0 Å². The largest absolute Gasteiger partial charge is 0.377 e. The summed E-state index contributed by atoms with van der Waals surface area (Å²) in [6, 6.07) is 0.457. The molecule has 2 saturated carbocycles. The van der Waals surface area contributed by atoms with Gasteiger partial charge in [-0.3, -0.25) is 0 Å². The Hall–Kier alpha value is -0.160. The van der Waals surface area contributed by atoms with Crippen LogP contribution in [0.15, 0.2) is 0 Å². The molecule has 0 radical (unpaired) electrons. The van der Waals surface area contributed by atoms with E-state index >= 15 is 0 Å².